The fourth-order valence-electron chi connectivity index (χ4n) is 0.455. The summed E-state index contributed by atoms with van der Waals surface area (Å²) in [6.07, 6.45) is 8.53. The van der Waals surface area contributed by atoms with E-state index in [0.29, 0.717) is 0 Å². The molecule has 0 aromatic heterocycles. The van der Waals surface area contributed by atoms with Crippen LogP contribution in [0.1, 0.15) is 19.8 Å². The molecule has 0 aliphatic rings. The molecule has 9 heavy (non-hydrogen) atoms. The van der Waals surface area contributed by atoms with Crippen molar-refractivity contribution in [2.75, 3.05) is 0 Å². The maximum absolute atomic E-state index is 3.28. The second-order valence-electron chi connectivity index (χ2n) is 1.64. The van der Waals surface area contributed by atoms with E-state index >= 15 is 0 Å². The fraction of sp³-hybridized carbons (Fsp3) is 0.429. The third-order valence-electron chi connectivity index (χ3n) is 0.868. The average Bonchev–Trinajstić information content (AvgIpc) is 1.80. The Bertz CT molecular complexity index is 110. The van der Waals surface area contributed by atoms with Gasteiger partial charge in [-0.2, -0.15) is 0 Å². The van der Waals surface area contributed by atoms with Crippen LogP contribution in [0.3, 0.4) is 0 Å². The highest BCUT2D eigenvalue weighted by molar-refractivity contribution is 9.28. The summed E-state index contributed by atoms with van der Waals surface area (Å²) >= 11 is 6.56. The smallest absolute Gasteiger partial charge is 0.0564 e. The Kier molecular flexibility index (Phi) is 6.88. The number of hydrogen-bond donors (Lipinski definition) is 0. The highest BCUT2D eigenvalue weighted by Crippen LogP contribution is 2.14. The molecule has 0 aromatic rings. The standard InChI is InChI=1S/C7H10Br2/c1-2-3-4-5-6-7(8)9/h2-3,6H,4-5H2,1H3/b3-2+. The van der Waals surface area contributed by atoms with Gasteiger partial charge in [-0.3, -0.25) is 0 Å². The Morgan fingerprint density at radius 2 is 2.00 bits per heavy atom. The minimum atomic E-state index is 1.04. The largest absolute Gasteiger partial charge is 0.0917 e. The minimum absolute atomic E-state index is 1.04. The maximum Gasteiger partial charge on any atom is 0.0564 e. The van der Waals surface area contributed by atoms with Crippen molar-refractivity contribution in [3.63, 3.8) is 0 Å². The van der Waals surface area contributed by atoms with Gasteiger partial charge in [0.15, 0.2) is 0 Å². The van der Waals surface area contributed by atoms with E-state index in [9.17, 15) is 0 Å². The number of halogens is 2. The highest BCUT2D eigenvalue weighted by atomic mass is 79.9. The van der Waals surface area contributed by atoms with E-state index in [1.165, 1.54) is 0 Å². The van der Waals surface area contributed by atoms with E-state index < -0.39 is 0 Å². The molecular weight excluding hydrogens is 244 g/mol. The van der Waals surface area contributed by atoms with Gasteiger partial charge in [0, 0.05) is 0 Å². The summed E-state index contributed by atoms with van der Waals surface area (Å²) in [5.41, 5.74) is 0. The molecule has 0 amide bonds. The zero-order chi connectivity index (χ0) is 7.11. The zero-order valence-electron chi connectivity index (χ0n) is 5.40. The van der Waals surface area contributed by atoms with Crippen LogP contribution >= 0.6 is 31.9 Å². The lowest BCUT2D eigenvalue weighted by Crippen LogP contribution is -1.62. The number of unbranched alkanes of at least 4 members (excludes halogenated alkanes) is 1. The van der Waals surface area contributed by atoms with Crippen molar-refractivity contribution in [1.29, 1.82) is 0 Å². The summed E-state index contributed by atoms with van der Waals surface area (Å²) in [4.78, 5) is 0. The minimum Gasteiger partial charge on any atom is -0.0917 e. The van der Waals surface area contributed by atoms with Crippen molar-refractivity contribution >= 4 is 31.9 Å². The van der Waals surface area contributed by atoms with Gasteiger partial charge in [-0.1, -0.05) is 18.2 Å². The summed E-state index contributed by atoms with van der Waals surface area (Å²) in [7, 11) is 0. The molecule has 0 N–H and O–H groups in total. The molecule has 0 unspecified atom stereocenters. The van der Waals surface area contributed by atoms with Crippen LogP contribution < -0.4 is 0 Å². The first-order chi connectivity index (χ1) is 4.27. The van der Waals surface area contributed by atoms with Crippen LogP contribution in [0.25, 0.3) is 0 Å². The first-order valence-corrected chi connectivity index (χ1v) is 4.48. The lowest BCUT2D eigenvalue weighted by atomic mass is 10.3. The van der Waals surface area contributed by atoms with Gasteiger partial charge in [0.1, 0.15) is 0 Å². The van der Waals surface area contributed by atoms with Crippen LogP contribution in [0, 0.1) is 0 Å². The molecule has 0 spiro atoms. The van der Waals surface area contributed by atoms with E-state index in [-0.39, 0.29) is 0 Å². The zero-order valence-corrected chi connectivity index (χ0v) is 8.57. The van der Waals surface area contributed by atoms with Crippen LogP contribution in [-0.2, 0) is 0 Å². The van der Waals surface area contributed by atoms with Crippen molar-refractivity contribution in [3.8, 4) is 0 Å². The molecule has 0 aliphatic heterocycles. The molecule has 2 heteroatoms. The van der Waals surface area contributed by atoms with Crippen LogP contribution in [0.2, 0.25) is 0 Å². The van der Waals surface area contributed by atoms with Gasteiger partial charge in [0.2, 0.25) is 0 Å². The molecule has 0 heterocycles. The second kappa shape index (κ2) is 6.56. The SMILES string of the molecule is C/C=C/CCC=C(Br)Br. The Morgan fingerprint density at radius 1 is 1.33 bits per heavy atom. The first kappa shape index (κ1) is 9.44. The van der Waals surface area contributed by atoms with Crippen LogP contribution in [-0.4, -0.2) is 0 Å². The molecule has 0 aromatic carbocycles. The average molecular weight is 254 g/mol. The summed E-state index contributed by atoms with van der Waals surface area (Å²) in [5.74, 6) is 0. The monoisotopic (exact) mass is 252 g/mol. The third-order valence-corrected chi connectivity index (χ3v) is 1.52. The Balaban J connectivity index is 3.20. The van der Waals surface area contributed by atoms with E-state index in [0.717, 1.165) is 16.2 Å². The summed E-state index contributed by atoms with van der Waals surface area (Å²) in [5, 5.41) is 0. The molecule has 0 atom stereocenters. The van der Waals surface area contributed by atoms with Gasteiger partial charge in [0.25, 0.3) is 0 Å². The second-order valence-corrected chi connectivity index (χ2v) is 4.41. The van der Waals surface area contributed by atoms with Crippen LogP contribution in [0.4, 0.5) is 0 Å². The molecule has 0 radical (unpaired) electrons. The number of rotatable bonds is 3. The maximum atomic E-state index is 3.28. The molecule has 0 saturated heterocycles. The van der Waals surface area contributed by atoms with Crippen LogP contribution in [0.15, 0.2) is 21.6 Å². The van der Waals surface area contributed by atoms with Gasteiger partial charge in [0.05, 0.1) is 3.39 Å². The fourth-order valence-corrected chi connectivity index (χ4v) is 0.913. The van der Waals surface area contributed by atoms with Gasteiger partial charge < -0.3 is 0 Å². The molecule has 0 saturated carbocycles. The van der Waals surface area contributed by atoms with Crippen molar-refractivity contribution in [2.24, 2.45) is 0 Å². The molecule has 0 aliphatic carbocycles. The summed E-state index contributed by atoms with van der Waals surface area (Å²) in [6.45, 7) is 2.03. The van der Waals surface area contributed by atoms with E-state index in [1.807, 2.05) is 6.92 Å². The predicted octanol–water partition coefficient (Wildman–Crippen LogP) is 3.97. The van der Waals surface area contributed by atoms with Gasteiger partial charge in [-0.25, -0.2) is 0 Å². The van der Waals surface area contributed by atoms with Crippen molar-refractivity contribution in [1.82, 2.24) is 0 Å². The van der Waals surface area contributed by atoms with Gasteiger partial charge in [-0.05, 0) is 51.6 Å². The molecule has 0 fully saturated rings. The van der Waals surface area contributed by atoms with Crippen molar-refractivity contribution in [2.45, 2.75) is 19.8 Å². The Labute approximate surface area is 73.3 Å². The topological polar surface area (TPSA) is 0 Å². The molecule has 0 nitrogen and oxygen atoms in total. The highest BCUT2D eigenvalue weighted by Gasteiger charge is 1.79. The number of hydrogen-bond acceptors (Lipinski definition) is 0. The molecular formula is C7H10Br2. The first-order valence-electron chi connectivity index (χ1n) is 2.89. The van der Waals surface area contributed by atoms with Crippen molar-refractivity contribution < 1.29 is 0 Å². The van der Waals surface area contributed by atoms with E-state index in [1.54, 1.807) is 0 Å². The Morgan fingerprint density at radius 3 is 2.44 bits per heavy atom. The molecule has 52 valence electrons. The third kappa shape index (κ3) is 8.44. The Hall–Kier alpha value is 0.440. The lowest BCUT2D eigenvalue weighted by Gasteiger charge is -1.84. The molecule has 0 bridgehead atoms. The summed E-state index contributed by atoms with van der Waals surface area (Å²) in [6, 6.07) is 0. The predicted molar refractivity (Wildman–Crippen MR) is 50.0 cm³/mol. The van der Waals surface area contributed by atoms with E-state index in [4.69, 9.17) is 0 Å². The van der Waals surface area contributed by atoms with Crippen LogP contribution in [0.5, 0.6) is 0 Å². The molecule has 0 rings (SSSR count). The summed E-state index contributed by atoms with van der Waals surface area (Å²) < 4.78 is 1.04. The lowest BCUT2D eigenvalue weighted by molar-refractivity contribution is 1.05. The van der Waals surface area contributed by atoms with Gasteiger partial charge in [-0.15, -0.1) is 0 Å². The van der Waals surface area contributed by atoms with E-state index in [2.05, 4.69) is 50.1 Å². The normalized spacial score (nSPS) is 10.1. The van der Waals surface area contributed by atoms with Crippen molar-refractivity contribution in [3.05, 3.63) is 21.6 Å². The quantitative estimate of drug-likeness (QED) is 0.528. The number of allylic oxidation sites excluding steroid dienone is 3. The van der Waals surface area contributed by atoms with Gasteiger partial charge >= 0.3 is 0 Å².